The normalized spacial score (nSPS) is 14.6. The smallest absolute Gasteiger partial charge is 0.0896 e. The minimum Gasteiger partial charge on any atom is -0.388 e. The molecule has 0 saturated heterocycles. The second kappa shape index (κ2) is 6.18. The van der Waals surface area contributed by atoms with Gasteiger partial charge >= 0.3 is 0 Å². The average molecular weight is 264 g/mol. The number of aromatic nitrogens is 1. The highest BCUT2D eigenvalue weighted by Gasteiger charge is 2.13. The first kappa shape index (κ1) is 13.3. The Balaban J connectivity index is 1.79. The van der Waals surface area contributed by atoms with Crippen molar-refractivity contribution in [3.63, 3.8) is 0 Å². The van der Waals surface area contributed by atoms with E-state index in [0.29, 0.717) is 0 Å². The number of aliphatic hydroxyl groups is 1. The fraction of sp³-hybridized carbons (Fsp3) is 0.429. The van der Waals surface area contributed by atoms with E-state index >= 15 is 0 Å². The summed E-state index contributed by atoms with van der Waals surface area (Å²) in [5, 5.41) is 15.5. The van der Waals surface area contributed by atoms with Crippen molar-refractivity contribution in [3.05, 3.63) is 46.4 Å². The highest BCUT2D eigenvalue weighted by Crippen LogP contribution is 2.22. The second-order valence-corrected chi connectivity index (χ2v) is 5.64. The van der Waals surface area contributed by atoms with Crippen molar-refractivity contribution in [2.75, 3.05) is 0 Å². The summed E-state index contributed by atoms with van der Waals surface area (Å²) in [6.45, 7) is 2.95. The van der Waals surface area contributed by atoms with Crippen molar-refractivity contribution in [2.45, 2.75) is 32.0 Å². The lowest BCUT2D eigenvalue weighted by Gasteiger charge is -2.17. The molecule has 4 heteroatoms. The van der Waals surface area contributed by atoms with Crippen LogP contribution in [0.15, 0.2) is 35.8 Å². The van der Waals surface area contributed by atoms with Gasteiger partial charge in [0.25, 0.3) is 0 Å². The van der Waals surface area contributed by atoms with Gasteiger partial charge in [0, 0.05) is 36.4 Å². The molecule has 2 aromatic heterocycles. The molecule has 2 N–H and O–H groups in total. The van der Waals surface area contributed by atoms with Crippen LogP contribution < -0.4 is 5.32 Å². The van der Waals surface area contributed by atoms with Crippen LogP contribution in [0.2, 0.25) is 0 Å². The van der Waals surface area contributed by atoms with Gasteiger partial charge in [-0.25, -0.2) is 0 Å². The molecule has 3 nitrogen and oxygen atoms in total. The molecule has 0 amide bonds. The van der Waals surface area contributed by atoms with E-state index in [9.17, 15) is 5.11 Å². The Kier molecular flexibility index (Phi) is 4.58. The quantitative estimate of drug-likeness (QED) is 0.841. The lowest BCUT2D eigenvalue weighted by atomic mass is 10.1. The molecule has 2 atom stereocenters. The van der Waals surface area contributed by atoms with Crippen LogP contribution in [0.5, 0.6) is 0 Å². The molecule has 0 aliphatic heterocycles. The van der Waals surface area contributed by atoms with Crippen molar-refractivity contribution in [1.82, 2.24) is 9.88 Å². The lowest BCUT2D eigenvalue weighted by Crippen LogP contribution is -2.28. The first-order valence-corrected chi connectivity index (χ1v) is 7.10. The summed E-state index contributed by atoms with van der Waals surface area (Å²) in [6, 6.07) is 8.40. The van der Waals surface area contributed by atoms with Gasteiger partial charge in [0.1, 0.15) is 0 Å². The van der Waals surface area contributed by atoms with E-state index in [1.807, 2.05) is 36.8 Å². The van der Waals surface area contributed by atoms with Gasteiger partial charge in [-0.3, -0.25) is 0 Å². The van der Waals surface area contributed by atoms with Gasteiger partial charge in [0.2, 0.25) is 0 Å². The number of nitrogens with one attached hydrogen (secondary N) is 1. The minimum absolute atomic E-state index is 0.289. The predicted octanol–water partition coefficient (Wildman–Crippen LogP) is 2.69. The molecule has 2 aromatic rings. The molecular weight excluding hydrogens is 244 g/mol. The Labute approximate surface area is 112 Å². The van der Waals surface area contributed by atoms with Crippen molar-refractivity contribution in [2.24, 2.45) is 7.05 Å². The van der Waals surface area contributed by atoms with Crippen molar-refractivity contribution in [3.8, 4) is 0 Å². The van der Waals surface area contributed by atoms with E-state index in [-0.39, 0.29) is 12.1 Å². The molecule has 2 heterocycles. The maximum atomic E-state index is 10.1. The van der Waals surface area contributed by atoms with Crippen LogP contribution in [0.25, 0.3) is 0 Å². The van der Waals surface area contributed by atoms with Gasteiger partial charge in [-0.1, -0.05) is 6.07 Å². The third kappa shape index (κ3) is 3.45. The summed E-state index contributed by atoms with van der Waals surface area (Å²) >= 11 is 1.61. The topological polar surface area (TPSA) is 37.2 Å². The van der Waals surface area contributed by atoms with Crippen LogP contribution >= 0.6 is 11.3 Å². The summed E-state index contributed by atoms with van der Waals surface area (Å²) < 4.78 is 2.11. The number of thiophene rings is 1. The van der Waals surface area contributed by atoms with E-state index in [2.05, 4.69) is 22.9 Å². The zero-order chi connectivity index (χ0) is 13.0. The fourth-order valence-corrected chi connectivity index (χ4v) is 2.70. The van der Waals surface area contributed by atoms with Gasteiger partial charge in [-0.15, -0.1) is 11.3 Å². The predicted molar refractivity (Wildman–Crippen MR) is 75.6 cm³/mol. The molecule has 0 radical (unpaired) electrons. The fourth-order valence-electron chi connectivity index (χ4n) is 1.97. The number of hydrogen-bond acceptors (Lipinski definition) is 3. The first-order chi connectivity index (χ1) is 8.66. The molecule has 0 fully saturated rings. The van der Waals surface area contributed by atoms with E-state index < -0.39 is 0 Å². The third-order valence-corrected chi connectivity index (χ3v) is 4.10. The Hall–Kier alpha value is -1.10. The van der Waals surface area contributed by atoms with Crippen LogP contribution in [-0.4, -0.2) is 15.7 Å². The van der Waals surface area contributed by atoms with Crippen LogP contribution in [-0.2, 0) is 13.6 Å². The third-order valence-electron chi connectivity index (χ3n) is 3.13. The number of rotatable bonds is 6. The van der Waals surface area contributed by atoms with E-state index in [1.165, 1.54) is 5.69 Å². The Morgan fingerprint density at radius 2 is 2.22 bits per heavy atom. The molecule has 2 rings (SSSR count). The molecule has 0 aliphatic rings. The lowest BCUT2D eigenvalue weighted by molar-refractivity contribution is 0.157. The van der Waals surface area contributed by atoms with E-state index in [0.717, 1.165) is 17.8 Å². The molecule has 0 bridgehead atoms. The van der Waals surface area contributed by atoms with Gasteiger partial charge in [0.15, 0.2) is 0 Å². The zero-order valence-corrected chi connectivity index (χ0v) is 11.7. The SMILES string of the molecule is C[C@H](C[C@@H](O)c1cccs1)NCc1cccn1C. The largest absolute Gasteiger partial charge is 0.388 e. The van der Waals surface area contributed by atoms with Crippen LogP contribution in [0.3, 0.4) is 0 Å². The van der Waals surface area contributed by atoms with Crippen molar-refractivity contribution in [1.29, 1.82) is 0 Å². The number of aliphatic hydroxyl groups excluding tert-OH is 1. The number of hydrogen-bond donors (Lipinski definition) is 2. The Morgan fingerprint density at radius 1 is 1.39 bits per heavy atom. The van der Waals surface area contributed by atoms with Crippen LogP contribution in [0.1, 0.15) is 30.0 Å². The summed E-state index contributed by atoms with van der Waals surface area (Å²) in [4.78, 5) is 1.04. The molecular formula is C14H20N2OS. The highest BCUT2D eigenvalue weighted by atomic mass is 32.1. The average Bonchev–Trinajstić information content (AvgIpc) is 2.97. The summed E-state index contributed by atoms with van der Waals surface area (Å²) in [5.41, 5.74) is 1.26. The second-order valence-electron chi connectivity index (χ2n) is 4.66. The van der Waals surface area contributed by atoms with E-state index in [4.69, 9.17) is 0 Å². The van der Waals surface area contributed by atoms with Crippen molar-refractivity contribution >= 4 is 11.3 Å². The highest BCUT2D eigenvalue weighted by molar-refractivity contribution is 7.10. The maximum absolute atomic E-state index is 10.1. The number of nitrogens with zero attached hydrogens (tertiary/aromatic N) is 1. The van der Waals surface area contributed by atoms with Gasteiger partial charge in [-0.2, -0.15) is 0 Å². The molecule has 0 saturated carbocycles. The first-order valence-electron chi connectivity index (χ1n) is 6.22. The van der Waals surface area contributed by atoms with Gasteiger partial charge in [-0.05, 0) is 36.9 Å². The van der Waals surface area contributed by atoms with Gasteiger partial charge in [0.05, 0.1) is 6.10 Å². The van der Waals surface area contributed by atoms with Crippen LogP contribution in [0, 0.1) is 0 Å². The molecule has 0 spiro atoms. The van der Waals surface area contributed by atoms with E-state index in [1.54, 1.807) is 11.3 Å². The molecule has 0 unspecified atom stereocenters. The summed E-state index contributed by atoms with van der Waals surface area (Å²) in [6.07, 6.45) is 2.42. The molecule has 98 valence electrons. The maximum Gasteiger partial charge on any atom is 0.0896 e. The Morgan fingerprint density at radius 3 is 2.83 bits per heavy atom. The Bertz CT molecular complexity index is 464. The minimum atomic E-state index is -0.360. The summed E-state index contributed by atoms with van der Waals surface area (Å²) in [7, 11) is 2.04. The van der Waals surface area contributed by atoms with Crippen molar-refractivity contribution < 1.29 is 5.11 Å². The monoisotopic (exact) mass is 264 g/mol. The molecule has 18 heavy (non-hydrogen) atoms. The number of aryl methyl sites for hydroxylation is 1. The van der Waals surface area contributed by atoms with Crippen LogP contribution in [0.4, 0.5) is 0 Å². The van der Waals surface area contributed by atoms with Gasteiger partial charge < -0.3 is 15.0 Å². The molecule has 0 aromatic carbocycles. The zero-order valence-electron chi connectivity index (χ0n) is 10.8. The summed E-state index contributed by atoms with van der Waals surface area (Å²) in [5.74, 6) is 0. The molecule has 0 aliphatic carbocycles. The standard InChI is InChI=1S/C14H20N2OS/c1-11(9-13(17)14-6-4-8-18-14)15-10-12-5-3-7-16(12)2/h3-8,11,13,15,17H,9-10H2,1-2H3/t11-,13-/m1/s1.